The van der Waals surface area contributed by atoms with Crippen molar-refractivity contribution in [3.8, 4) is 11.1 Å². The van der Waals surface area contributed by atoms with Crippen molar-refractivity contribution in [2.45, 2.75) is 44.6 Å². The lowest BCUT2D eigenvalue weighted by molar-refractivity contribution is 0.308. The number of nitrogens with two attached hydrogens (primary N) is 1. The van der Waals surface area contributed by atoms with Crippen molar-refractivity contribution in [3.05, 3.63) is 59.2 Å². The lowest BCUT2D eigenvalue weighted by atomic mass is 9.81. The standard InChI is InChI=1S/C20H23N/c21-20(14-6-2-1-3-7-14)16-10-11-19-17(13-16)12-15-8-4-5-9-18(15)19/h4-5,8-11,13-14,20H,1-3,6-7,12,21H2/t20-/m0/s1. The predicted octanol–water partition coefficient (Wildman–Crippen LogP) is 4.84. The van der Waals surface area contributed by atoms with Crippen LogP contribution in [0.25, 0.3) is 11.1 Å². The molecule has 0 amide bonds. The second-order valence-corrected chi connectivity index (χ2v) is 6.67. The molecule has 4 rings (SSSR count). The number of rotatable bonds is 2. The lowest BCUT2D eigenvalue weighted by Crippen LogP contribution is -2.23. The van der Waals surface area contributed by atoms with E-state index in [0.29, 0.717) is 5.92 Å². The van der Waals surface area contributed by atoms with Gasteiger partial charge in [-0.3, -0.25) is 0 Å². The predicted molar refractivity (Wildman–Crippen MR) is 88.2 cm³/mol. The van der Waals surface area contributed by atoms with E-state index in [9.17, 15) is 0 Å². The normalized spacial score (nSPS) is 19.1. The Morgan fingerprint density at radius 2 is 1.62 bits per heavy atom. The molecule has 0 saturated heterocycles. The summed E-state index contributed by atoms with van der Waals surface area (Å²) in [7, 11) is 0. The number of hydrogen-bond acceptors (Lipinski definition) is 1. The fourth-order valence-corrected chi connectivity index (χ4v) is 4.14. The number of hydrogen-bond donors (Lipinski definition) is 1. The molecule has 2 aliphatic carbocycles. The van der Waals surface area contributed by atoms with Crippen LogP contribution in [0.1, 0.15) is 54.8 Å². The zero-order chi connectivity index (χ0) is 14.2. The highest BCUT2D eigenvalue weighted by atomic mass is 14.7. The fourth-order valence-electron chi connectivity index (χ4n) is 4.14. The van der Waals surface area contributed by atoms with Crippen LogP contribution < -0.4 is 5.73 Å². The molecule has 21 heavy (non-hydrogen) atoms. The van der Waals surface area contributed by atoms with Gasteiger partial charge in [0.15, 0.2) is 0 Å². The van der Waals surface area contributed by atoms with E-state index in [-0.39, 0.29) is 6.04 Å². The van der Waals surface area contributed by atoms with E-state index in [1.165, 1.54) is 59.9 Å². The third-order valence-electron chi connectivity index (χ3n) is 5.36. The molecule has 1 saturated carbocycles. The molecule has 0 bridgehead atoms. The number of benzene rings is 2. The summed E-state index contributed by atoms with van der Waals surface area (Å²) >= 11 is 0. The van der Waals surface area contributed by atoms with Gasteiger partial charge in [0, 0.05) is 6.04 Å². The number of fused-ring (bicyclic) bond motifs is 3. The third-order valence-corrected chi connectivity index (χ3v) is 5.36. The average molecular weight is 277 g/mol. The van der Waals surface area contributed by atoms with E-state index in [1.54, 1.807) is 0 Å². The second-order valence-electron chi connectivity index (χ2n) is 6.67. The molecule has 0 aliphatic heterocycles. The molecule has 0 spiro atoms. The van der Waals surface area contributed by atoms with Gasteiger partial charge in [-0.2, -0.15) is 0 Å². The van der Waals surface area contributed by atoms with Gasteiger partial charge in [-0.05, 0) is 53.0 Å². The van der Waals surface area contributed by atoms with Crippen LogP contribution in [0.3, 0.4) is 0 Å². The zero-order valence-corrected chi connectivity index (χ0v) is 12.5. The molecule has 0 unspecified atom stereocenters. The molecule has 2 aliphatic rings. The Morgan fingerprint density at radius 3 is 2.48 bits per heavy atom. The Morgan fingerprint density at radius 1 is 0.857 bits per heavy atom. The molecule has 1 heteroatoms. The summed E-state index contributed by atoms with van der Waals surface area (Å²) < 4.78 is 0. The highest BCUT2D eigenvalue weighted by molar-refractivity contribution is 5.77. The van der Waals surface area contributed by atoms with Crippen LogP contribution >= 0.6 is 0 Å². The summed E-state index contributed by atoms with van der Waals surface area (Å²) in [5, 5.41) is 0. The Kier molecular flexibility index (Phi) is 3.31. The quantitative estimate of drug-likeness (QED) is 0.712. The Bertz CT molecular complexity index is 653. The third kappa shape index (κ3) is 2.30. The maximum atomic E-state index is 6.57. The van der Waals surface area contributed by atoms with Crippen LogP contribution in [0.2, 0.25) is 0 Å². The van der Waals surface area contributed by atoms with Gasteiger partial charge < -0.3 is 5.73 Å². The van der Waals surface area contributed by atoms with Crippen molar-refractivity contribution in [2.75, 3.05) is 0 Å². The minimum Gasteiger partial charge on any atom is -0.324 e. The van der Waals surface area contributed by atoms with Gasteiger partial charge in [-0.1, -0.05) is 61.7 Å². The topological polar surface area (TPSA) is 26.0 Å². The fraction of sp³-hybridized carbons (Fsp3) is 0.400. The molecule has 0 radical (unpaired) electrons. The van der Waals surface area contributed by atoms with Crippen LogP contribution in [0.5, 0.6) is 0 Å². The van der Waals surface area contributed by atoms with Crippen molar-refractivity contribution in [2.24, 2.45) is 11.7 Å². The molecule has 2 aromatic carbocycles. The molecular formula is C20H23N. The van der Waals surface area contributed by atoms with Crippen LogP contribution in [0.4, 0.5) is 0 Å². The zero-order valence-electron chi connectivity index (χ0n) is 12.5. The Labute approximate surface area is 127 Å². The first kappa shape index (κ1) is 13.1. The summed E-state index contributed by atoms with van der Waals surface area (Å²) in [5.74, 6) is 0.681. The maximum absolute atomic E-state index is 6.57. The smallest absolute Gasteiger partial charge is 0.0323 e. The van der Waals surface area contributed by atoms with Crippen molar-refractivity contribution in [3.63, 3.8) is 0 Å². The van der Waals surface area contributed by atoms with Crippen LogP contribution in [0, 0.1) is 5.92 Å². The largest absolute Gasteiger partial charge is 0.324 e. The van der Waals surface area contributed by atoms with Gasteiger partial charge in [0.25, 0.3) is 0 Å². The maximum Gasteiger partial charge on any atom is 0.0323 e. The molecular weight excluding hydrogens is 254 g/mol. The van der Waals surface area contributed by atoms with Crippen molar-refractivity contribution in [1.29, 1.82) is 0 Å². The molecule has 1 nitrogen and oxygen atoms in total. The van der Waals surface area contributed by atoms with Gasteiger partial charge in [-0.15, -0.1) is 0 Å². The molecule has 1 atom stereocenters. The summed E-state index contributed by atoms with van der Waals surface area (Å²) in [5.41, 5.74) is 13.6. The second kappa shape index (κ2) is 5.31. The highest BCUT2D eigenvalue weighted by Gasteiger charge is 2.24. The van der Waals surface area contributed by atoms with Crippen molar-refractivity contribution < 1.29 is 0 Å². The van der Waals surface area contributed by atoms with Gasteiger partial charge in [-0.25, -0.2) is 0 Å². The van der Waals surface area contributed by atoms with Gasteiger partial charge in [0.05, 0.1) is 0 Å². The van der Waals surface area contributed by atoms with Gasteiger partial charge in [0.2, 0.25) is 0 Å². The lowest BCUT2D eigenvalue weighted by Gasteiger charge is -2.28. The first-order valence-electron chi connectivity index (χ1n) is 8.29. The first-order valence-corrected chi connectivity index (χ1v) is 8.29. The van der Waals surface area contributed by atoms with E-state index in [2.05, 4.69) is 42.5 Å². The summed E-state index contributed by atoms with van der Waals surface area (Å²) in [6.45, 7) is 0. The average Bonchev–Trinajstić information content (AvgIpc) is 2.92. The SMILES string of the molecule is N[C@H](c1ccc2c(c1)Cc1ccccc1-2)C1CCCCC1. The minimum atomic E-state index is 0.222. The molecule has 1 fully saturated rings. The molecule has 0 aromatic heterocycles. The summed E-state index contributed by atoms with van der Waals surface area (Å²) in [6.07, 6.45) is 7.78. The Hall–Kier alpha value is -1.60. The van der Waals surface area contributed by atoms with Crippen LogP contribution in [0.15, 0.2) is 42.5 Å². The van der Waals surface area contributed by atoms with E-state index in [0.717, 1.165) is 6.42 Å². The molecule has 0 heterocycles. The van der Waals surface area contributed by atoms with E-state index < -0.39 is 0 Å². The van der Waals surface area contributed by atoms with Gasteiger partial charge in [0.1, 0.15) is 0 Å². The van der Waals surface area contributed by atoms with E-state index in [4.69, 9.17) is 5.73 Å². The first-order chi connectivity index (χ1) is 10.3. The monoisotopic (exact) mass is 277 g/mol. The van der Waals surface area contributed by atoms with E-state index in [1.807, 2.05) is 0 Å². The minimum absolute atomic E-state index is 0.222. The van der Waals surface area contributed by atoms with Crippen molar-refractivity contribution >= 4 is 0 Å². The van der Waals surface area contributed by atoms with Crippen molar-refractivity contribution in [1.82, 2.24) is 0 Å². The van der Waals surface area contributed by atoms with E-state index >= 15 is 0 Å². The molecule has 2 aromatic rings. The van der Waals surface area contributed by atoms with Gasteiger partial charge >= 0.3 is 0 Å². The highest BCUT2D eigenvalue weighted by Crippen LogP contribution is 2.39. The molecule has 108 valence electrons. The van der Waals surface area contributed by atoms with Crippen LogP contribution in [-0.2, 0) is 6.42 Å². The summed E-state index contributed by atoms with van der Waals surface area (Å²) in [6, 6.07) is 15.9. The summed E-state index contributed by atoms with van der Waals surface area (Å²) in [4.78, 5) is 0. The van der Waals surface area contributed by atoms with Crippen LogP contribution in [-0.4, -0.2) is 0 Å². The molecule has 2 N–H and O–H groups in total. The Balaban J connectivity index is 1.63.